The highest BCUT2D eigenvalue weighted by Crippen LogP contribution is 2.22. The Labute approximate surface area is 108 Å². The molecule has 0 aromatic carbocycles. The van der Waals surface area contributed by atoms with Gasteiger partial charge in [0.15, 0.2) is 0 Å². The molecule has 0 radical (unpaired) electrons. The van der Waals surface area contributed by atoms with E-state index in [2.05, 4.69) is 51.5 Å². The third kappa shape index (κ3) is 2.93. The quantitative estimate of drug-likeness (QED) is 0.920. The maximum Gasteiger partial charge on any atom is 0.0756 e. The van der Waals surface area contributed by atoms with Gasteiger partial charge in [-0.25, -0.2) is 0 Å². The highest BCUT2D eigenvalue weighted by Gasteiger charge is 2.04. The van der Waals surface area contributed by atoms with Crippen molar-refractivity contribution in [2.45, 2.75) is 20.0 Å². The zero-order chi connectivity index (χ0) is 11.4. The van der Waals surface area contributed by atoms with E-state index in [1.807, 2.05) is 10.9 Å². The summed E-state index contributed by atoms with van der Waals surface area (Å²) in [6.45, 7) is 4.82. The van der Waals surface area contributed by atoms with Gasteiger partial charge in [0.25, 0.3) is 0 Å². The van der Waals surface area contributed by atoms with Gasteiger partial charge < -0.3 is 5.32 Å². The minimum Gasteiger partial charge on any atom is -0.311 e. The number of hydrogen-bond acceptors (Lipinski definition) is 3. The summed E-state index contributed by atoms with van der Waals surface area (Å²) >= 11 is 5.23. The average Bonchev–Trinajstić information content (AvgIpc) is 2.86. The zero-order valence-electron chi connectivity index (χ0n) is 9.11. The van der Waals surface area contributed by atoms with Crippen LogP contribution in [0.3, 0.4) is 0 Å². The second kappa shape index (κ2) is 5.61. The fraction of sp³-hybridized carbons (Fsp3) is 0.364. The number of nitrogens with zero attached hydrogens (tertiary/aromatic N) is 2. The van der Waals surface area contributed by atoms with E-state index in [1.165, 1.54) is 14.4 Å². The van der Waals surface area contributed by atoms with Crippen LogP contribution in [-0.2, 0) is 13.1 Å². The minimum atomic E-state index is 0.851. The van der Waals surface area contributed by atoms with Crippen molar-refractivity contribution in [2.75, 3.05) is 6.54 Å². The molecule has 0 unspecified atom stereocenters. The summed E-state index contributed by atoms with van der Waals surface area (Å²) < 4.78 is 3.21. The molecule has 0 aliphatic heterocycles. The monoisotopic (exact) mass is 299 g/mol. The van der Waals surface area contributed by atoms with Crippen LogP contribution in [0.1, 0.15) is 17.5 Å². The second-order valence-electron chi connectivity index (χ2n) is 3.47. The third-order valence-electron chi connectivity index (χ3n) is 2.30. The van der Waals surface area contributed by atoms with Gasteiger partial charge in [-0.1, -0.05) is 6.92 Å². The SMILES string of the molecule is CCNCc1ccnn1Cc1ccc(Br)s1. The molecule has 0 saturated carbocycles. The number of nitrogens with one attached hydrogen (secondary N) is 1. The zero-order valence-corrected chi connectivity index (χ0v) is 11.5. The number of halogens is 1. The van der Waals surface area contributed by atoms with Gasteiger partial charge in [0.05, 0.1) is 16.0 Å². The van der Waals surface area contributed by atoms with Gasteiger partial charge in [0, 0.05) is 17.6 Å². The van der Waals surface area contributed by atoms with E-state index in [0.29, 0.717) is 0 Å². The van der Waals surface area contributed by atoms with Crippen molar-refractivity contribution in [3.8, 4) is 0 Å². The summed E-state index contributed by atoms with van der Waals surface area (Å²) in [6.07, 6.45) is 1.86. The summed E-state index contributed by atoms with van der Waals surface area (Å²) in [5, 5.41) is 7.66. The summed E-state index contributed by atoms with van der Waals surface area (Å²) in [5.41, 5.74) is 1.23. The summed E-state index contributed by atoms with van der Waals surface area (Å²) in [4.78, 5) is 1.31. The second-order valence-corrected chi connectivity index (χ2v) is 6.01. The Balaban J connectivity index is 2.06. The molecule has 1 N–H and O–H groups in total. The van der Waals surface area contributed by atoms with Crippen LogP contribution in [0.2, 0.25) is 0 Å². The van der Waals surface area contributed by atoms with Gasteiger partial charge >= 0.3 is 0 Å². The number of rotatable bonds is 5. The first-order valence-corrected chi connectivity index (χ1v) is 6.86. The molecule has 0 amide bonds. The van der Waals surface area contributed by atoms with Gasteiger partial charge in [0.1, 0.15) is 0 Å². The Morgan fingerprint density at radius 2 is 2.31 bits per heavy atom. The lowest BCUT2D eigenvalue weighted by atomic mass is 10.4. The Kier molecular flexibility index (Phi) is 4.15. The smallest absolute Gasteiger partial charge is 0.0756 e. The first kappa shape index (κ1) is 11.8. The van der Waals surface area contributed by atoms with Crippen LogP contribution in [0.5, 0.6) is 0 Å². The van der Waals surface area contributed by atoms with Crippen LogP contribution in [0.4, 0.5) is 0 Å². The topological polar surface area (TPSA) is 29.9 Å². The van der Waals surface area contributed by atoms with Crippen molar-refractivity contribution in [3.63, 3.8) is 0 Å². The van der Waals surface area contributed by atoms with Crippen molar-refractivity contribution in [1.82, 2.24) is 15.1 Å². The van der Waals surface area contributed by atoms with Crippen LogP contribution in [0.25, 0.3) is 0 Å². The molecule has 3 nitrogen and oxygen atoms in total. The minimum absolute atomic E-state index is 0.851. The van der Waals surface area contributed by atoms with Gasteiger partial charge in [-0.05, 0) is 40.7 Å². The molecule has 2 heterocycles. The van der Waals surface area contributed by atoms with Gasteiger partial charge in [0.2, 0.25) is 0 Å². The van der Waals surface area contributed by atoms with E-state index < -0.39 is 0 Å². The molecule has 16 heavy (non-hydrogen) atoms. The molecular weight excluding hydrogens is 286 g/mol. The Morgan fingerprint density at radius 3 is 3.00 bits per heavy atom. The number of thiophene rings is 1. The van der Waals surface area contributed by atoms with Gasteiger partial charge in [-0.2, -0.15) is 5.10 Å². The van der Waals surface area contributed by atoms with Gasteiger partial charge in [-0.3, -0.25) is 4.68 Å². The van der Waals surface area contributed by atoms with Crippen molar-refractivity contribution < 1.29 is 0 Å². The number of aromatic nitrogens is 2. The number of hydrogen-bond donors (Lipinski definition) is 1. The van der Waals surface area contributed by atoms with Crippen molar-refractivity contribution in [2.24, 2.45) is 0 Å². The Hall–Kier alpha value is -0.650. The van der Waals surface area contributed by atoms with E-state index >= 15 is 0 Å². The summed E-state index contributed by atoms with van der Waals surface area (Å²) in [5.74, 6) is 0. The molecule has 0 aliphatic rings. The molecule has 0 fully saturated rings. The van der Waals surface area contributed by atoms with Crippen LogP contribution >= 0.6 is 27.3 Å². The Bertz CT molecular complexity index is 450. The molecule has 2 rings (SSSR count). The molecule has 2 aromatic heterocycles. The lowest BCUT2D eigenvalue weighted by molar-refractivity contribution is 0.609. The third-order valence-corrected chi connectivity index (χ3v) is 3.90. The fourth-order valence-corrected chi connectivity index (χ4v) is 2.96. The molecule has 5 heteroatoms. The standard InChI is InChI=1S/C11H14BrN3S/c1-2-13-7-9-5-6-14-15(9)8-10-3-4-11(12)16-10/h3-6,13H,2,7-8H2,1H3. The van der Waals surface area contributed by atoms with E-state index in [9.17, 15) is 0 Å². The van der Waals surface area contributed by atoms with Crippen LogP contribution in [-0.4, -0.2) is 16.3 Å². The lowest BCUT2D eigenvalue weighted by Crippen LogP contribution is -2.16. The maximum absolute atomic E-state index is 4.34. The molecule has 0 aliphatic carbocycles. The first-order chi connectivity index (χ1) is 7.79. The van der Waals surface area contributed by atoms with E-state index in [4.69, 9.17) is 0 Å². The highest BCUT2D eigenvalue weighted by atomic mass is 79.9. The Morgan fingerprint density at radius 1 is 1.44 bits per heavy atom. The summed E-state index contributed by atoms with van der Waals surface area (Å²) in [7, 11) is 0. The lowest BCUT2D eigenvalue weighted by Gasteiger charge is -2.06. The first-order valence-electron chi connectivity index (χ1n) is 5.25. The molecule has 0 atom stereocenters. The normalized spacial score (nSPS) is 10.9. The average molecular weight is 300 g/mol. The molecule has 86 valence electrons. The van der Waals surface area contributed by atoms with E-state index in [-0.39, 0.29) is 0 Å². The largest absolute Gasteiger partial charge is 0.311 e. The van der Waals surface area contributed by atoms with Crippen molar-refractivity contribution >= 4 is 27.3 Å². The van der Waals surface area contributed by atoms with Crippen LogP contribution in [0.15, 0.2) is 28.2 Å². The predicted molar refractivity (Wildman–Crippen MR) is 70.7 cm³/mol. The van der Waals surface area contributed by atoms with Gasteiger partial charge in [-0.15, -0.1) is 11.3 Å². The molecule has 0 spiro atoms. The van der Waals surface area contributed by atoms with Crippen molar-refractivity contribution in [1.29, 1.82) is 0 Å². The molecule has 2 aromatic rings. The molecular formula is C11H14BrN3S. The van der Waals surface area contributed by atoms with Crippen molar-refractivity contribution in [3.05, 3.63) is 38.8 Å². The fourth-order valence-electron chi connectivity index (χ4n) is 1.49. The van der Waals surface area contributed by atoms with Crippen LogP contribution in [0, 0.1) is 0 Å². The highest BCUT2D eigenvalue weighted by molar-refractivity contribution is 9.11. The maximum atomic E-state index is 4.34. The van der Waals surface area contributed by atoms with E-state index in [1.54, 1.807) is 11.3 Å². The summed E-state index contributed by atoms with van der Waals surface area (Å²) in [6, 6.07) is 6.27. The predicted octanol–water partition coefficient (Wildman–Crippen LogP) is 2.86. The molecule has 0 saturated heterocycles. The van der Waals surface area contributed by atoms with Crippen LogP contribution < -0.4 is 5.32 Å². The van der Waals surface area contributed by atoms with E-state index in [0.717, 1.165) is 19.6 Å². The molecule has 0 bridgehead atoms.